The van der Waals surface area contributed by atoms with E-state index in [-0.39, 0.29) is 5.91 Å². The van der Waals surface area contributed by atoms with Crippen molar-refractivity contribution >= 4 is 23.6 Å². The summed E-state index contributed by atoms with van der Waals surface area (Å²) in [6.45, 7) is 9.61. The fourth-order valence-electron chi connectivity index (χ4n) is 4.18. The van der Waals surface area contributed by atoms with Crippen LogP contribution in [0.15, 0.2) is 28.0 Å². The van der Waals surface area contributed by atoms with E-state index in [0.29, 0.717) is 50.4 Å². The smallest absolute Gasteiger partial charge is 0.233 e. The standard InChI is InChI=1S/C20H29N5O3S/c1-15-10-16(2)12-24(11-15)19-21-22-20(25(19)13-17-4-3-7-28-17)29-14-18(26)23-5-8-27-9-6-23/h3-4,7,15-16H,5-6,8-14H2,1-2H3. The molecule has 2 aromatic heterocycles. The van der Waals surface area contributed by atoms with Crippen LogP contribution in [-0.2, 0) is 16.1 Å². The van der Waals surface area contributed by atoms with Gasteiger partial charge in [-0.25, -0.2) is 0 Å². The highest BCUT2D eigenvalue weighted by Crippen LogP contribution is 2.29. The molecule has 4 heterocycles. The Morgan fingerprint density at radius 2 is 1.97 bits per heavy atom. The molecule has 4 rings (SSSR count). The number of piperidine rings is 1. The summed E-state index contributed by atoms with van der Waals surface area (Å²) in [6, 6.07) is 3.84. The highest BCUT2D eigenvalue weighted by Gasteiger charge is 2.27. The fraction of sp³-hybridized carbons (Fsp3) is 0.650. The predicted molar refractivity (Wildman–Crippen MR) is 111 cm³/mol. The van der Waals surface area contributed by atoms with Crippen LogP contribution in [0.1, 0.15) is 26.0 Å². The van der Waals surface area contributed by atoms with Crippen LogP contribution >= 0.6 is 11.8 Å². The number of anilines is 1. The normalized spacial score (nSPS) is 22.8. The van der Waals surface area contributed by atoms with E-state index in [1.807, 2.05) is 17.0 Å². The molecule has 8 nitrogen and oxygen atoms in total. The van der Waals surface area contributed by atoms with Crippen molar-refractivity contribution < 1.29 is 13.9 Å². The molecular weight excluding hydrogens is 390 g/mol. The molecule has 1 amide bonds. The van der Waals surface area contributed by atoms with Crippen molar-refractivity contribution in [1.82, 2.24) is 19.7 Å². The Morgan fingerprint density at radius 1 is 1.21 bits per heavy atom. The lowest BCUT2D eigenvalue weighted by molar-refractivity contribution is -0.132. The van der Waals surface area contributed by atoms with Crippen LogP contribution in [0, 0.1) is 11.8 Å². The number of aromatic nitrogens is 3. The lowest BCUT2D eigenvalue weighted by Crippen LogP contribution is -2.41. The van der Waals surface area contributed by atoms with Gasteiger partial charge in [0.1, 0.15) is 5.76 Å². The number of hydrogen-bond acceptors (Lipinski definition) is 7. The monoisotopic (exact) mass is 419 g/mol. The Balaban J connectivity index is 1.51. The quantitative estimate of drug-likeness (QED) is 0.665. The van der Waals surface area contributed by atoms with Crippen molar-refractivity contribution in [3.05, 3.63) is 24.2 Å². The molecule has 0 aliphatic carbocycles. The number of rotatable bonds is 6. The predicted octanol–water partition coefficient (Wildman–Crippen LogP) is 2.35. The lowest BCUT2D eigenvalue weighted by atomic mass is 9.92. The van der Waals surface area contributed by atoms with E-state index in [0.717, 1.165) is 30.0 Å². The molecule has 2 unspecified atom stereocenters. The maximum atomic E-state index is 12.6. The van der Waals surface area contributed by atoms with Crippen molar-refractivity contribution in [3.8, 4) is 0 Å². The van der Waals surface area contributed by atoms with Gasteiger partial charge in [-0.1, -0.05) is 25.6 Å². The van der Waals surface area contributed by atoms with Gasteiger partial charge in [0.25, 0.3) is 0 Å². The molecule has 0 bridgehead atoms. The van der Waals surface area contributed by atoms with E-state index in [1.165, 1.54) is 18.2 Å². The van der Waals surface area contributed by atoms with Gasteiger partial charge >= 0.3 is 0 Å². The Hall–Kier alpha value is -2.00. The molecule has 0 radical (unpaired) electrons. The third-order valence-electron chi connectivity index (χ3n) is 5.43. The number of hydrogen-bond donors (Lipinski definition) is 0. The van der Waals surface area contributed by atoms with Crippen LogP contribution in [0.5, 0.6) is 0 Å². The number of thioether (sulfide) groups is 1. The summed E-state index contributed by atoms with van der Waals surface area (Å²) in [4.78, 5) is 16.7. The zero-order valence-corrected chi connectivity index (χ0v) is 17.9. The zero-order chi connectivity index (χ0) is 20.2. The number of carbonyl (C=O) groups excluding carboxylic acids is 1. The van der Waals surface area contributed by atoms with E-state index >= 15 is 0 Å². The lowest BCUT2D eigenvalue weighted by Gasteiger charge is -2.35. The maximum absolute atomic E-state index is 12.6. The molecule has 9 heteroatoms. The third kappa shape index (κ3) is 4.95. The van der Waals surface area contributed by atoms with Gasteiger partial charge in [0.05, 0.1) is 31.8 Å². The molecule has 0 spiro atoms. The first-order chi connectivity index (χ1) is 14.1. The minimum absolute atomic E-state index is 0.118. The summed E-state index contributed by atoms with van der Waals surface area (Å²) < 4.78 is 13.0. The molecule has 29 heavy (non-hydrogen) atoms. The first-order valence-electron chi connectivity index (χ1n) is 10.3. The molecule has 0 aromatic carbocycles. The van der Waals surface area contributed by atoms with Crippen molar-refractivity contribution in [2.45, 2.75) is 32.0 Å². The topological polar surface area (TPSA) is 76.6 Å². The minimum Gasteiger partial charge on any atom is -0.467 e. The van der Waals surface area contributed by atoms with E-state index in [4.69, 9.17) is 9.15 Å². The molecule has 158 valence electrons. The molecule has 2 fully saturated rings. The van der Waals surface area contributed by atoms with Gasteiger partial charge in [0.15, 0.2) is 5.16 Å². The number of amides is 1. The zero-order valence-electron chi connectivity index (χ0n) is 17.1. The van der Waals surface area contributed by atoms with Crippen molar-refractivity contribution in [1.29, 1.82) is 0 Å². The highest BCUT2D eigenvalue weighted by atomic mass is 32.2. The first kappa shape index (κ1) is 20.3. The Morgan fingerprint density at radius 3 is 2.66 bits per heavy atom. The van der Waals surface area contributed by atoms with Gasteiger partial charge in [-0.2, -0.15) is 0 Å². The van der Waals surface area contributed by atoms with Crippen LogP contribution in [-0.4, -0.2) is 70.7 Å². The second-order valence-corrected chi connectivity index (χ2v) is 9.02. The largest absolute Gasteiger partial charge is 0.467 e. The molecule has 0 saturated carbocycles. The van der Waals surface area contributed by atoms with E-state index < -0.39 is 0 Å². The van der Waals surface area contributed by atoms with Gasteiger partial charge in [0, 0.05) is 26.2 Å². The maximum Gasteiger partial charge on any atom is 0.233 e. The van der Waals surface area contributed by atoms with Crippen molar-refractivity contribution in [2.24, 2.45) is 11.8 Å². The number of furan rings is 1. The van der Waals surface area contributed by atoms with E-state index in [2.05, 4.69) is 33.5 Å². The van der Waals surface area contributed by atoms with Gasteiger partial charge in [-0.3, -0.25) is 9.36 Å². The second-order valence-electron chi connectivity index (χ2n) is 8.08. The van der Waals surface area contributed by atoms with Crippen LogP contribution in [0.4, 0.5) is 5.95 Å². The Kier molecular flexibility index (Phi) is 6.44. The van der Waals surface area contributed by atoms with Crippen LogP contribution < -0.4 is 4.90 Å². The summed E-state index contributed by atoms with van der Waals surface area (Å²) in [6.07, 6.45) is 2.91. The molecule has 2 aliphatic heterocycles. The molecular formula is C20H29N5O3S. The summed E-state index contributed by atoms with van der Waals surface area (Å²) >= 11 is 1.45. The summed E-state index contributed by atoms with van der Waals surface area (Å²) in [5, 5.41) is 9.70. The Bertz CT molecular complexity index is 793. The van der Waals surface area contributed by atoms with Crippen molar-refractivity contribution in [2.75, 3.05) is 50.0 Å². The molecule has 0 N–H and O–H groups in total. The van der Waals surface area contributed by atoms with Crippen LogP contribution in [0.3, 0.4) is 0 Å². The van der Waals surface area contributed by atoms with Crippen molar-refractivity contribution in [3.63, 3.8) is 0 Å². The number of carbonyl (C=O) groups is 1. The minimum atomic E-state index is 0.118. The van der Waals surface area contributed by atoms with Crippen LogP contribution in [0.25, 0.3) is 0 Å². The summed E-state index contributed by atoms with van der Waals surface area (Å²) in [7, 11) is 0. The first-order valence-corrected chi connectivity index (χ1v) is 11.3. The third-order valence-corrected chi connectivity index (χ3v) is 6.38. The Labute approximate surface area is 175 Å². The average Bonchev–Trinajstić information content (AvgIpc) is 3.36. The summed E-state index contributed by atoms with van der Waals surface area (Å²) in [5.74, 6) is 3.42. The fourth-order valence-corrected chi connectivity index (χ4v) is 5.01. The van der Waals surface area contributed by atoms with Crippen LogP contribution in [0.2, 0.25) is 0 Å². The average molecular weight is 420 g/mol. The summed E-state index contributed by atoms with van der Waals surface area (Å²) in [5.41, 5.74) is 0. The molecule has 2 aromatic rings. The van der Waals surface area contributed by atoms with Gasteiger partial charge < -0.3 is 19.0 Å². The van der Waals surface area contributed by atoms with Gasteiger partial charge in [0.2, 0.25) is 11.9 Å². The highest BCUT2D eigenvalue weighted by molar-refractivity contribution is 7.99. The van der Waals surface area contributed by atoms with Gasteiger partial charge in [-0.15, -0.1) is 10.2 Å². The van der Waals surface area contributed by atoms with E-state index in [1.54, 1.807) is 6.26 Å². The molecule has 2 atom stereocenters. The number of ether oxygens (including phenoxy) is 1. The number of nitrogens with zero attached hydrogens (tertiary/aromatic N) is 5. The molecule has 2 saturated heterocycles. The second kappa shape index (κ2) is 9.21. The SMILES string of the molecule is CC1CC(C)CN(c2nnc(SCC(=O)N3CCOCC3)n2Cc2ccco2)C1. The number of morpholine rings is 1. The van der Waals surface area contributed by atoms with Gasteiger partial charge in [-0.05, 0) is 30.4 Å². The molecule has 2 aliphatic rings. The van der Waals surface area contributed by atoms with E-state index in [9.17, 15) is 4.79 Å².